The van der Waals surface area contributed by atoms with Crippen LogP contribution in [0.15, 0.2) is 39.5 Å². The Hall–Kier alpha value is -3.35. The molecule has 0 saturated heterocycles. The number of hydrogen-bond acceptors (Lipinski definition) is 7. The van der Waals surface area contributed by atoms with E-state index in [4.69, 9.17) is 23.4 Å². The van der Waals surface area contributed by atoms with Gasteiger partial charge in [0.2, 0.25) is 5.75 Å². The van der Waals surface area contributed by atoms with Crippen molar-refractivity contribution in [3.63, 3.8) is 0 Å². The average Bonchev–Trinajstić information content (AvgIpc) is 2.66. The van der Waals surface area contributed by atoms with E-state index >= 15 is 0 Å². The van der Waals surface area contributed by atoms with E-state index in [0.29, 0.717) is 22.8 Å². The van der Waals surface area contributed by atoms with E-state index in [1.165, 1.54) is 40.6 Å². The number of phenolic OH excluding ortho intramolecular Hbond substituents is 1. The molecule has 7 heteroatoms. The third kappa shape index (κ3) is 2.77. The van der Waals surface area contributed by atoms with Crippen molar-refractivity contribution >= 4 is 11.0 Å². The number of benzene rings is 2. The minimum Gasteiger partial charge on any atom is -0.504 e. The summed E-state index contributed by atoms with van der Waals surface area (Å²) >= 11 is 0. The normalized spacial score (nSPS) is 10.6. The minimum atomic E-state index is -0.300. The Bertz CT molecular complexity index is 1020. The number of rotatable bonds is 5. The van der Waals surface area contributed by atoms with Crippen molar-refractivity contribution in [3.05, 3.63) is 40.6 Å². The van der Waals surface area contributed by atoms with Gasteiger partial charge in [0.05, 0.1) is 28.4 Å². The van der Waals surface area contributed by atoms with Crippen LogP contribution in [0, 0.1) is 0 Å². The topological polar surface area (TPSA) is 87.4 Å². The second-order valence-electron chi connectivity index (χ2n) is 5.38. The molecule has 0 aliphatic rings. The van der Waals surface area contributed by atoms with Crippen molar-refractivity contribution in [2.45, 2.75) is 0 Å². The monoisotopic (exact) mass is 358 g/mol. The Labute approximate surface area is 149 Å². The highest BCUT2D eigenvalue weighted by molar-refractivity contribution is 5.90. The highest BCUT2D eigenvalue weighted by Gasteiger charge is 2.21. The van der Waals surface area contributed by atoms with E-state index in [1.54, 1.807) is 18.2 Å². The van der Waals surface area contributed by atoms with Gasteiger partial charge in [-0.05, 0) is 18.2 Å². The first-order chi connectivity index (χ1) is 12.5. The Morgan fingerprint density at radius 3 is 2.15 bits per heavy atom. The zero-order valence-electron chi connectivity index (χ0n) is 14.8. The fourth-order valence-corrected chi connectivity index (χ4v) is 2.76. The van der Waals surface area contributed by atoms with Crippen LogP contribution in [0.5, 0.6) is 28.7 Å². The molecule has 0 radical (unpaired) electrons. The molecule has 0 aliphatic carbocycles. The number of phenols is 1. The lowest BCUT2D eigenvalue weighted by atomic mass is 10.1. The summed E-state index contributed by atoms with van der Waals surface area (Å²) in [7, 11) is 5.83. The van der Waals surface area contributed by atoms with Gasteiger partial charge in [0.15, 0.2) is 28.4 Å². The fourth-order valence-electron chi connectivity index (χ4n) is 2.76. The molecule has 3 rings (SSSR count). The van der Waals surface area contributed by atoms with Crippen molar-refractivity contribution in [1.29, 1.82) is 0 Å². The SMILES string of the molecule is COc1cc(-c2cc(=O)c3c(OC)c(OC)c(OC)cc3o2)ccc1O. The van der Waals surface area contributed by atoms with Gasteiger partial charge in [-0.3, -0.25) is 4.79 Å². The second-order valence-corrected chi connectivity index (χ2v) is 5.38. The molecule has 1 aromatic heterocycles. The summed E-state index contributed by atoms with van der Waals surface area (Å²) in [6.07, 6.45) is 0. The van der Waals surface area contributed by atoms with Gasteiger partial charge in [-0.25, -0.2) is 0 Å². The van der Waals surface area contributed by atoms with E-state index in [0.717, 1.165) is 0 Å². The van der Waals surface area contributed by atoms with Crippen LogP contribution >= 0.6 is 0 Å². The van der Waals surface area contributed by atoms with Crippen LogP contribution in [-0.4, -0.2) is 33.5 Å². The van der Waals surface area contributed by atoms with Crippen LogP contribution in [0.2, 0.25) is 0 Å². The average molecular weight is 358 g/mol. The molecule has 7 nitrogen and oxygen atoms in total. The second kappa shape index (κ2) is 6.87. The molecule has 2 aromatic carbocycles. The van der Waals surface area contributed by atoms with Crippen LogP contribution < -0.4 is 24.4 Å². The van der Waals surface area contributed by atoms with Crippen LogP contribution in [-0.2, 0) is 0 Å². The summed E-state index contributed by atoms with van der Waals surface area (Å²) in [5.74, 6) is 1.51. The first-order valence-electron chi connectivity index (χ1n) is 7.68. The van der Waals surface area contributed by atoms with E-state index in [2.05, 4.69) is 0 Å². The number of hydrogen-bond donors (Lipinski definition) is 1. The molecule has 0 saturated carbocycles. The quantitative estimate of drug-likeness (QED) is 0.749. The maximum absolute atomic E-state index is 12.7. The largest absolute Gasteiger partial charge is 0.504 e. The lowest BCUT2D eigenvalue weighted by molar-refractivity contribution is 0.326. The Kier molecular flexibility index (Phi) is 4.62. The molecule has 0 amide bonds. The van der Waals surface area contributed by atoms with E-state index < -0.39 is 0 Å². The van der Waals surface area contributed by atoms with Crippen molar-refractivity contribution in [3.8, 4) is 40.1 Å². The van der Waals surface area contributed by atoms with E-state index in [9.17, 15) is 9.90 Å². The van der Waals surface area contributed by atoms with Gasteiger partial charge >= 0.3 is 0 Å². The molecule has 0 aliphatic heterocycles. The standard InChI is InChI=1S/C19H18O7/c1-22-14-7-10(5-6-11(14)20)13-8-12(21)17-15(26-13)9-16(23-2)18(24-3)19(17)25-4/h5-9,20H,1-4H3. The third-order valence-corrected chi connectivity index (χ3v) is 3.99. The van der Waals surface area contributed by atoms with E-state index in [1.807, 2.05) is 0 Å². The minimum absolute atomic E-state index is 0.00698. The molecular weight excluding hydrogens is 340 g/mol. The maximum atomic E-state index is 12.7. The molecule has 1 heterocycles. The molecule has 0 bridgehead atoms. The molecule has 3 aromatic rings. The molecule has 136 valence electrons. The van der Waals surface area contributed by atoms with Gasteiger partial charge in [0, 0.05) is 17.7 Å². The molecule has 1 N–H and O–H groups in total. The van der Waals surface area contributed by atoms with Gasteiger partial charge in [0.25, 0.3) is 0 Å². The highest BCUT2D eigenvalue weighted by Crippen LogP contribution is 2.43. The van der Waals surface area contributed by atoms with Crippen LogP contribution in [0.4, 0.5) is 0 Å². The summed E-state index contributed by atoms with van der Waals surface area (Å²) in [5.41, 5.74) is 0.563. The van der Waals surface area contributed by atoms with Crippen molar-refractivity contribution < 1.29 is 28.5 Å². The first kappa shape index (κ1) is 17.5. The zero-order valence-corrected chi connectivity index (χ0v) is 14.8. The van der Waals surface area contributed by atoms with Crippen LogP contribution in [0.3, 0.4) is 0 Å². The Morgan fingerprint density at radius 2 is 1.54 bits per heavy atom. The van der Waals surface area contributed by atoms with Gasteiger partial charge in [-0.15, -0.1) is 0 Å². The van der Waals surface area contributed by atoms with Gasteiger partial charge < -0.3 is 28.5 Å². The molecular formula is C19H18O7. The van der Waals surface area contributed by atoms with Gasteiger partial charge in [-0.2, -0.15) is 0 Å². The summed E-state index contributed by atoms with van der Waals surface area (Å²) in [6.45, 7) is 0. The lowest BCUT2D eigenvalue weighted by Gasteiger charge is -2.14. The zero-order chi connectivity index (χ0) is 18.8. The van der Waals surface area contributed by atoms with Crippen LogP contribution in [0.25, 0.3) is 22.3 Å². The Balaban J connectivity index is 2.30. The van der Waals surface area contributed by atoms with Crippen molar-refractivity contribution in [2.75, 3.05) is 28.4 Å². The predicted octanol–water partition coefficient (Wildman–Crippen LogP) is 3.20. The van der Waals surface area contributed by atoms with Crippen LogP contribution in [0.1, 0.15) is 0 Å². The summed E-state index contributed by atoms with van der Waals surface area (Å²) in [6, 6.07) is 7.59. The third-order valence-electron chi connectivity index (χ3n) is 3.99. The first-order valence-corrected chi connectivity index (χ1v) is 7.68. The summed E-state index contributed by atoms with van der Waals surface area (Å²) in [5, 5.41) is 9.99. The maximum Gasteiger partial charge on any atom is 0.204 e. The van der Waals surface area contributed by atoms with Crippen molar-refractivity contribution in [1.82, 2.24) is 0 Å². The smallest absolute Gasteiger partial charge is 0.204 e. The van der Waals surface area contributed by atoms with E-state index in [-0.39, 0.29) is 33.6 Å². The molecule has 0 atom stereocenters. The molecule has 26 heavy (non-hydrogen) atoms. The summed E-state index contributed by atoms with van der Waals surface area (Å²) < 4.78 is 27.0. The fraction of sp³-hybridized carbons (Fsp3) is 0.211. The highest BCUT2D eigenvalue weighted by atomic mass is 16.5. The lowest BCUT2D eigenvalue weighted by Crippen LogP contribution is -2.05. The molecule has 0 unspecified atom stereocenters. The Morgan fingerprint density at radius 1 is 0.846 bits per heavy atom. The van der Waals surface area contributed by atoms with Crippen molar-refractivity contribution in [2.24, 2.45) is 0 Å². The number of fused-ring (bicyclic) bond motifs is 1. The number of ether oxygens (including phenoxy) is 4. The molecule has 0 fully saturated rings. The number of methoxy groups -OCH3 is 4. The molecule has 0 spiro atoms. The van der Waals surface area contributed by atoms with Gasteiger partial charge in [-0.1, -0.05) is 0 Å². The van der Waals surface area contributed by atoms with Gasteiger partial charge in [0.1, 0.15) is 16.7 Å². The number of aromatic hydroxyl groups is 1. The summed E-state index contributed by atoms with van der Waals surface area (Å²) in [4.78, 5) is 12.7. The predicted molar refractivity (Wildman–Crippen MR) is 95.8 cm³/mol.